The highest BCUT2D eigenvalue weighted by atomic mass is 14.6. The fourth-order valence-electron chi connectivity index (χ4n) is 6.11. The molecule has 0 amide bonds. The van der Waals surface area contributed by atoms with Crippen LogP contribution in [0.1, 0.15) is 22.3 Å². The second-order valence-corrected chi connectivity index (χ2v) is 9.57. The van der Waals surface area contributed by atoms with E-state index in [9.17, 15) is 0 Å². The minimum Gasteiger partial charge on any atom is -0.398 e. The lowest BCUT2D eigenvalue weighted by molar-refractivity contribution is 0.769. The van der Waals surface area contributed by atoms with Crippen molar-refractivity contribution in [1.29, 1.82) is 0 Å². The fourth-order valence-corrected chi connectivity index (χ4v) is 6.11. The minimum atomic E-state index is -0.426. The second-order valence-electron chi connectivity index (χ2n) is 9.57. The van der Waals surface area contributed by atoms with E-state index in [4.69, 9.17) is 5.73 Å². The summed E-state index contributed by atoms with van der Waals surface area (Å²) in [6.45, 7) is 0. The average molecular weight is 460 g/mol. The van der Waals surface area contributed by atoms with E-state index in [1.807, 2.05) is 0 Å². The molecular formula is C35H25N. The first-order valence-corrected chi connectivity index (χ1v) is 12.4. The van der Waals surface area contributed by atoms with Crippen LogP contribution in [-0.4, -0.2) is 0 Å². The van der Waals surface area contributed by atoms with E-state index >= 15 is 0 Å². The maximum atomic E-state index is 6.88. The molecule has 7 rings (SSSR count). The Kier molecular flexibility index (Phi) is 4.59. The molecule has 0 unspecified atom stereocenters. The summed E-state index contributed by atoms with van der Waals surface area (Å²) < 4.78 is 0. The monoisotopic (exact) mass is 459 g/mol. The van der Waals surface area contributed by atoms with Gasteiger partial charge in [0.1, 0.15) is 0 Å². The number of benzene rings is 6. The number of nitrogen functional groups attached to an aromatic ring is 1. The summed E-state index contributed by atoms with van der Waals surface area (Å²) in [7, 11) is 0. The normalized spacial score (nSPS) is 13.3. The molecule has 0 atom stereocenters. The van der Waals surface area contributed by atoms with Gasteiger partial charge in [0.2, 0.25) is 0 Å². The Balaban J connectivity index is 1.55. The molecule has 0 saturated carbocycles. The van der Waals surface area contributed by atoms with Crippen molar-refractivity contribution in [2.75, 3.05) is 5.73 Å². The molecule has 0 saturated heterocycles. The molecule has 6 aromatic rings. The first-order chi connectivity index (χ1) is 17.8. The predicted octanol–water partition coefficient (Wildman–Crippen LogP) is 8.45. The Hall–Kier alpha value is -4.62. The van der Waals surface area contributed by atoms with Crippen LogP contribution < -0.4 is 5.73 Å². The summed E-state index contributed by atoms with van der Waals surface area (Å²) in [5.74, 6) is 0. The van der Waals surface area contributed by atoms with E-state index in [-0.39, 0.29) is 0 Å². The lowest BCUT2D eigenvalue weighted by Crippen LogP contribution is -2.28. The molecular weight excluding hydrogens is 434 g/mol. The number of nitrogens with two attached hydrogens (primary N) is 1. The van der Waals surface area contributed by atoms with Crippen molar-refractivity contribution in [2.24, 2.45) is 0 Å². The molecule has 0 aromatic heterocycles. The smallest absolute Gasteiger partial charge is 0.0714 e. The highest BCUT2D eigenvalue weighted by Gasteiger charge is 2.46. The van der Waals surface area contributed by atoms with Crippen molar-refractivity contribution < 1.29 is 0 Å². The van der Waals surface area contributed by atoms with Crippen LogP contribution in [0.2, 0.25) is 0 Å². The van der Waals surface area contributed by atoms with Gasteiger partial charge in [0.25, 0.3) is 0 Å². The van der Waals surface area contributed by atoms with E-state index in [2.05, 4.69) is 140 Å². The van der Waals surface area contributed by atoms with Crippen molar-refractivity contribution in [2.45, 2.75) is 5.41 Å². The first kappa shape index (κ1) is 20.7. The van der Waals surface area contributed by atoms with Crippen molar-refractivity contribution in [3.63, 3.8) is 0 Å². The molecule has 0 spiro atoms. The van der Waals surface area contributed by atoms with Gasteiger partial charge in [-0.2, -0.15) is 0 Å². The standard InChI is InChI=1S/C35H25N/c36-34-23-33-31(22-30(34)26-20-19-24-11-7-8-12-25(24)21-26)29-17-9-10-18-32(29)35(33,27-13-3-1-4-14-27)28-15-5-2-6-16-28/h1-23H,36H2. The van der Waals surface area contributed by atoms with E-state index < -0.39 is 5.41 Å². The van der Waals surface area contributed by atoms with Crippen LogP contribution in [0, 0.1) is 0 Å². The molecule has 1 heteroatoms. The van der Waals surface area contributed by atoms with E-state index in [1.54, 1.807) is 0 Å². The van der Waals surface area contributed by atoms with Crippen molar-refractivity contribution in [3.05, 3.63) is 162 Å². The molecule has 1 aliphatic rings. The van der Waals surface area contributed by atoms with E-state index in [0.29, 0.717) is 0 Å². The van der Waals surface area contributed by atoms with Crippen LogP contribution >= 0.6 is 0 Å². The zero-order chi connectivity index (χ0) is 24.1. The molecule has 0 fully saturated rings. The Morgan fingerprint density at radius 2 is 1.03 bits per heavy atom. The van der Waals surface area contributed by atoms with Gasteiger partial charge in [-0.05, 0) is 67.9 Å². The highest BCUT2D eigenvalue weighted by Crippen LogP contribution is 2.57. The van der Waals surface area contributed by atoms with Gasteiger partial charge in [0, 0.05) is 11.3 Å². The zero-order valence-electron chi connectivity index (χ0n) is 19.9. The molecule has 0 heterocycles. The topological polar surface area (TPSA) is 26.0 Å². The Morgan fingerprint density at radius 3 is 1.75 bits per heavy atom. The van der Waals surface area contributed by atoms with Crippen LogP contribution in [0.3, 0.4) is 0 Å². The molecule has 170 valence electrons. The summed E-state index contributed by atoms with van der Waals surface area (Å²) >= 11 is 0. The van der Waals surface area contributed by atoms with Crippen LogP contribution in [-0.2, 0) is 5.41 Å². The fraction of sp³-hybridized carbons (Fsp3) is 0.0286. The van der Waals surface area contributed by atoms with Gasteiger partial charge in [-0.1, -0.05) is 121 Å². The van der Waals surface area contributed by atoms with Crippen molar-refractivity contribution >= 4 is 16.5 Å². The minimum absolute atomic E-state index is 0.426. The van der Waals surface area contributed by atoms with Gasteiger partial charge in [-0.3, -0.25) is 0 Å². The highest BCUT2D eigenvalue weighted by molar-refractivity contribution is 5.95. The molecule has 1 aliphatic carbocycles. The maximum Gasteiger partial charge on any atom is 0.0714 e. The van der Waals surface area contributed by atoms with Gasteiger partial charge in [0.05, 0.1) is 5.41 Å². The third-order valence-corrected chi connectivity index (χ3v) is 7.69. The number of rotatable bonds is 3. The maximum absolute atomic E-state index is 6.88. The molecule has 36 heavy (non-hydrogen) atoms. The number of hydrogen-bond acceptors (Lipinski definition) is 1. The third-order valence-electron chi connectivity index (χ3n) is 7.69. The summed E-state index contributed by atoms with van der Waals surface area (Å²) in [6, 6.07) is 50.1. The Morgan fingerprint density at radius 1 is 0.417 bits per heavy atom. The van der Waals surface area contributed by atoms with Gasteiger partial charge in [0.15, 0.2) is 0 Å². The van der Waals surface area contributed by atoms with Crippen LogP contribution in [0.25, 0.3) is 33.0 Å². The number of fused-ring (bicyclic) bond motifs is 4. The Labute approximate surface area is 211 Å². The predicted molar refractivity (Wildman–Crippen MR) is 151 cm³/mol. The number of anilines is 1. The van der Waals surface area contributed by atoms with Gasteiger partial charge in [-0.15, -0.1) is 0 Å². The lowest BCUT2D eigenvalue weighted by atomic mass is 9.67. The van der Waals surface area contributed by atoms with Gasteiger partial charge >= 0.3 is 0 Å². The van der Waals surface area contributed by atoms with Gasteiger partial charge in [-0.25, -0.2) is 0 Å². The Bertz CT molecular complexity index is 1690. The first-order valence-electron chi connectivity index (χ1n) is 12.4. The quantitative estimate of drug-likeness (QED) is 0.264. The molecule has 2 N–H and O–H groups in total. The van der Waals surface area contributed by atoms with Crippen LogP contribution in [0.4, 0.5) is 5.69 Å². The zero-order valence-corrected chi connectivity index (χ0v) is 19.9. The van der Waals surface area contributed by atoms with E-state index in [1.165, 1.54) is 44.2 Å². The summed E-state index contributed by atoms with van der Waals surface area (Å²) in [5.41, 5.74) is 17.0. The third kappa shape index (κ3) is 2.90. The molecule has 1 nitrogen and oxygen atoms in total. The largest absolute Gasteiger partial charge is 0.398 e. The molecule has 0 bridgehead atoms. The average Bonchev–Trinajstić information content (AvgIpc) is 3.23. The van der Waals surface area contributed by atoms with Crippen molar-refractivity contribution in [1.82, 2.24) is 0 Å². The molecule has 6 aromatic carbocycles. The van der Waals surface area contributed by atoms with E-state index in [0.717, 1.165) is 16.8 Å². The summed E-state index contributed by atoms with van der Waals surface area (Å²) in [5, 5.41) is 2.46. The van der Waals surface area contributed by atoms with Gasteiger partial charge < -0.3 is 5.73 Å². The second kappa shape index (κ2) is 7.96. The van der Waals surface area contributed by atoms with Crippen molar-refractivity contribution in [3.8, 4) is 22.3 Å². The van der Waals surface area contributed by atoms with Crippen LogP contribution in [0.15, 0.2) is 140 Å². The summed E-state index contributed by atoms with van der Waals surface area (Å²) in [6.07, 6.45) is 0. The lowest BCUT2D eigenvalue weighted by Gasteiger charge is -2.34. The SMILES string of the molecule is Nc1cc2c(cc1-c1ccc3ccccc3c1)-c1ccccc1C2(c1ccccc1)c1ccccc1. The molecule has 0 radical (unpaired) electrons. The summed E-state index contributed by atoms with van der Waals surface area (Å²) in [4.78, 5) is 0. The van der Waals surface area contributed by atoms with Crippen LogP contribution in [0.5, 0.6) is 0 Å². The molecule has 0 aliphatic heterocycles. The number of hydrogen-bond donors (Lipinski definition) is 1.